The fraction of sp³-hybridized carbons (Fsp3) is 0.421. The van der Waals surface area contributed by atoms with Gasteiger partial charge in [-0.2, -0.15) is 0 Å². The first-order valence-electron chi connectivity index (χ1n) is 8.78. The molecule has 1 atom stereocenters. The van der Waals surface area contributed by atoms with Crippen LogP contribution in [-0.4, -0.2) is 46.0 Å². The lowest BCUT2D eigenvalue weighted by Gasteiger charge is -2.19. The standard InChI is InChI=1S/C19H23N3O3S/c1-12(2)17-16(13-7-4-3-5-8-13)21-19(26-17)20-15(23)11-22-10-6-9-14(22)18(24)25/h3-5,7-8,12,14H,6,9-11H2,1-2H3,(H,24,25)(H,20,21,23)/t14-/m0/s1. The Kier molecular flexibility index (Phi) is 5.68. The largest absolute Gasteiger partial charge is 0.480 e. The topological polar surface area (TPSA) is 82.5 Å². The van der Waals surface area contributed by atoms with Crippen LogP contribution in [0.25, 0.3) is 11.3 Å². The molecule has 6 nitrogen and oxygen atoms in total. The van der Waals surface area contributed by atoms with Crippen LogP contribution in [-0.2, 0) is 9.59 Å². The molecule has 1 amide bonds. The summed E-state index contributed by atoms with van der Waals surface area (Å²) in [6.07, 6.45) is 1.40. The van der Waals surface area contributed by atoms with Crippen molar-refractivity contribution in [2.24, 2.45) is 0 Å². The Hall–Kier alpha value is -2.25. The lowest BCUT2D eigenvalue weighted by molar-refractivity contribution is -0.142. The van der Waals surface area contributed by atoms with Crippen LogP contribution in [0.15, 0.2) is 30.3 Å². The van der Waals surface area contributed by atoms with E-state index in [0.29, 0.717) is 24.0 Å². The summed E-state index contributed by atoms with van der Waals surface area (Å²) in [5.41, 5.74) is 1.92. The van der Waals surface area contributed by atoms with E-state index in [1.807, 2.05) is 30.3 Å². The van der Waals surface area contributed by atoms with E-state index >= 15 is 0 Å². The number of rotatable bonds is 6. The second kappa shape index (κ2) is 7.97. The summed E-state index contributed by atoms with van der Waals surface area (Å²) in [7, 11) is 0. The molecule has 0 bridgehead atoms. The van der Waals surface area contributed by atoms with Crippen molar-refractivity contribution < 1.29 is 14.7 Å². The van der Waals surface area contributed by atoms with Crippen molar-refractivity contribution in [1.82, 2.24) is 9.88 Å². The maximum Gasteiger partial charge on any atom is 0.320 e. The Labute approximate surface area is 156 Å². The molecule has 1 aliphatic rings. The van der Waals surface area contributed by atoms with Crippen molar-refractivity contribution in [3.05, 3.63) is 35.2 Å². The number of benzene rings is 1. The van der Waals surface area contributed by atoms with Crippen LogP contribution in [0.1, 0.15) is 37.5 Å². The van der Waals surface area contributed by atoms with Gasteiger partial charge in [0.05, 0.1) is 12.2 Å². The highest BCUT2D eigenvalue weighted by Gasteiger charge is 2.31. The summed E-state index contributed by atoms with van der Waals surface area (Å²) < 4.78 is 0. The smallest absolute Gasteiger partial charge is 0.320 e. The first kappa shape index (κ1) is 18.5. The summed E-state index contributed by atoms with van der Waals surface area (Å²) >= 11 is 1.48. The Morgan fingerprint density at radius 3 is 2.73 bits per heavy atom. The van der Waals surface area contributed by atoms with Gasteiger partial charge >= 0.3 is 5.97 Å². The van der Waals surface area contributed by atoms with Crippen molar-refractivity contribution in [3.63, 3.8) is 0 Å². The molecule has 0 saturated carbocycles. The van der Waals surface area contributed by atoms with Gasteiger partial charge in [-0.25, -0.2) is 4.98 Å². The molecule has 26 heavy (non-hydrogen) atoms. The highest BCUT2D eigenvalue weighted by atomic mass is 32.1. The van der Waals surface area contributed by atoms with Crippen molar-refractivity contribution in [2.45, 2.75) is 38.6 Å². The number of nitrogens with one attached hydrogen (secondary N) is 1. The van der Waals surface area contributed by atoms with E-state index in [4.69, 9.17) is 0 Å². The Bertz CT molecular complexity index is 789. The van der Waals surface area contributed by atoms with Gasteiger partial charge in [0.2, 0.25) is 5.91 Å². The van der Waals surface area contributed by atoms with E-state index in [0.717, 1.165) is 22.6 Å². The van der Waals surface area contributed by atoms with E-state index in [9.17, 15) is 14.7 Å². The molecule has 1 aromatic carbocycles. The molecule has 1 aromatic heterocycles. The SMILES string of the molecule is CC(C)c1sc(NC(=O)CN2CCC[C@H]2C(=O)O)nc1-c1ccccc1. The highest BCUT2D eigenvalue weighted by molar-refractivity contribution is 7.16. The molecule has 1 saturated heterocycles. The zero-order valence-corrected chi connectivity index (χ0v) is 15.8. The number of carbonyl (C=O) groups is 2. The predicted molar refractivity (Wildman–Crippen MR) is 102 cm³/mol. The Morgan fingerprint density at radius 1 is 1.35 bits per heavy atom. The molecule has 0 unspecified atom stereocenters. The number of aliphatic carboxylic acids is 1. The number of hydrogen-bond donors (Lipinski definition) is 2. The van der Waals surface area contributed by atoms with Crippen molar-refractivity contribution in [1.29, 1.82) is 0 Å². The molecule has 3 rings (SSSR count). The maximum atomic E-state index is 12.4. The third-order valence-corrected chi connectivity index (χ3v) is 5.74. The van der Waals surface area contributed by atoms with Crippen LogP contribution in [0.4, 0.5) is 5.13 Å². The summed E-state index contributed by atoms with van der Waals surface area (Å²) in [4.78, 5) is 31.1. The van der Waals surface area contributed by atoms with Crippen LogP contribution in [0.5, 0.6) is 0 Å². The minimum Gasteiger partial charge on any atom is -0.480 e. The second-order valence-corrected chi connectivity index (χ2v) is 7.80. The van der Waals surface area contributed by atoms with Crippen molar-refractivity contribution in [3.8, 4) is 11.3 Å². The molecule has 2 N–H and O–H groups in total. The Morgan fingerprint density at radius 2 is 2.08 bits per heavy atom. The van der Waals surface area contributed by atoms with Crippen LogP contribution in [0.2, 0.25) is 0 Å². The van der Waals surface area contributed by atoms with E-state index in [1.54, 1.807) is 4.90 Å². The van der Waals surface area contributed by atoms with E-state index in [-0.39, 0.29) is 12.5 Å². The summed E-state index contributed by atoms with van der Waals surface area (Å²) in [5, 5.41) is 12.6. The van der Waals surface area contributed by atoms with Gasteiger partial charge in [0, 0.05) is 10.4 Å². The van der Waals surface area contributed by atoms with E-state index in [2.05, 4.69) is 24.1 Å². The van der Waals surface area contributed by atoms with Gasteiger partial charge in [0.1, 0.15) is 6.04 Å². The number of amides is 1. The molecule has 1 aliphatic heterocycles. The minimum absolute atomic E-state index is 0.0776. The molecule has 0 aliphatic carbocycles. The second-order valence-electron chi connectivity index (χ2n) is 6.77. The summed E-state index contributed by atoms with van der Waals surface area (Å²) in [6, 6.07) is 9.35. The van der Waals surface area contributed by atoms with Gasteiger partial charge < -0.3 is 10.4 Å². The quantitative estimate of drug-likeness (QED) is 0.811. The molecule has 7 heteroatoms. The minimum atomic E-state index is -0.863. The molecular weight excluding hydrogens is 350 g/mol. The molecule has 0 spiro atoms. The number of likely N-dealkylation sites (tertiary alicyclic amines) is 1. The van der Waals surface area contributed by atoms with Crippen LogP contribution < -0.4 is 5.32 Å². The summed E-state index contributed by atoms with van der Waals surface area (Å²) in [6.45, 7) is 4.92. The number of anilines is 1. The molecule has 0 radical (unpaired) electrons. The first-order valence-corrected chi connectivity index (χ1v) is 9.60. The predicted octanol–water partition coefficient (Wildman–Crippen LogP) is 3.42. The zero-order valence-electron chi connectivity index (χ0n) is 14.9. The summed E-state index contributed by atoms with van der Waals surface area (Å²) in [5.74, 6) is -0.789. The normalized spacial score (nSPS) is 17.6. The van der Waals surface area contributed by atoms with E-state index in [1.165, 1.54) is 11.3 Å². The molecule has 1 fully saturated rings. The zero-order chi connectivity index (χ0) is 18.7. The molecule has 2 heterocycles. The fourth-order valence-corrected chi connectivity index (χ4v) is 4.22. The van der Waals surface area contributed by atoms with Crippen LogP contribution >= 0.6 is 11.3 Å². The molecule has 2 aromatic rings. The third-order valence-electron chi connectivity index (χ3n) is 4.47. The number of thiazole rings is 1. The number of hydrogen-bond acceptors (Lipinski definition) is 5. The number of carboxylic acids is 1. The van der Waals surface area contributed by atoms with Gasteiger partial charge in [0.25, 0.3) is 0 Å². The van der Waals surface area contributed by atoms with Gasteiger partial charge in [-0.15, -0.1) is 11.3 Å². The van der Waals surface area contributed by atoms with Gasteiger partial charge in [-0.05, 0) is 25.3 Å². The van der Waals surface area contributed by atoms with Crippen molar-refractivity contribution >= 4 is 28.3 Å². The molecule has 138 valence electrons. The number of aromatic nitrogens is 1. The molecular formula is C19H23N3O3S. The third kappa shape index (κ3) is 4.11. The maximum absolute atomic E-state index is 12.4. The Balaban J connectivity index is 1.74. The highest BCUT2D eigenvalue weighted by Crippen LogP contribution is 2.36. The monoisotopic (exact) mass is 373 g/mol. The number of carboxylic acid groups (broad SMARTS) is 1. The van der Waals surface area contributed by atoms with E-state index < -0.39 is 12.0 Å². The lowest BCUT2D eigenvalue weighted by Crippen LogP contribution is -2.40. The number of nitrogens with zero attached hydrogens (tertiary/aromatic N) is 2. The van der Waals surface area contributed by atoms with Gasteiger partial charge in [-0.3, -0.25) is 14.5 Å². The number of carbonyl (C=O) groups excluding carboxylic acids is 1. The van der Waals surface area contributed by atoms with Crippen LogP contribution in [0, 0.1) is 0 Å². The van der Waals surface area contributed by atoms with Crippen molar-refractivity contribution in [2.75, 3.05) is 18.4 Å². The fourth-order valence-electron chi connectivity index (χ4n) is 3.22. The van der Waals surface area contributed by atoms with Gasteiger partial charge in [-0.1, -0.05) is 44.2 Å². The van der Waals surface area contributed by atoms with Gasteiger partial charge in [0.15, 0.2) is 5.13 Å². The van der Waals surface area contributed by atoms with Crippen LogP contribution in [0.3, 0.4) is 0 Å². The first-order chi connectivity index (χ1) is 12.5. The average molecular weight is 373 g/mol. The lowest BCUT2D eigenvalue weighted by atomic mass is 10.1. The average Bonchev–Trinajstić information content (AvgIpc) is 3.22.